The van der Waals surface area contributed by atoms with Gasteiger partial charge in [0.2, 0.25) is 0 Å². The molecule has 8 nitrogen and oxygen atoms in total. The van der Waals surface area contributed by atoms with Crippen LogP contribution in [0.15, 0.2) is 41.3 Å². The molecule has 0 aliphatic carbocycles. The predicted octanol–water partition coefficient (Wildman–Crippen LogP) is 3.88. The van der Waals surface area contributed by atoms with Gasteiger partial charge in [-0.3, -0.25) is 9.69 Å². The lowest BCUT2D eigenvalue weighted by molar-refractivity contribution is -0.274. The SMILES string of the molecule is CC[C@@H]1CN(c2cc(=O)n(C)n3cc(CC#N)nc23)[C@@H](CC)CN1Cc1ccc(OC(F)(F)F)cc1. The largest absolute Gasteiger partial charge is 0.573 e. The van der Waals surface area contributed by atoms with Crippen LogP contribution in [0.25, 0.3) is 5.65 Å². The van der Waals surface area contributed by atoms with Crippen molar-refractivity contribution in [1.82, 2.24) is 19.1 Å². The van der Waals surface area contributed by atoms with Crippen LogP contribution < -0.4 is 15.2 Å². The van der Waals surface area contributed by atoms with Crippen molar-refractivity contribution in [2.45, 2.75) is 58.1 Å². The van der Waals surface area contributed by atoms with Crippen LogP contribution >= 0.6 is 0 Å². The zero-order chi connectivity index (χ0) is 26.0. The molecule has 0 spiro atoms. The van der Waals surface area contributed by atoms with Gasteiger partial charge < -0.3 is 9.64 Å². The predicted molar refractivity (Wildman–Crippen MR) is 129 cm³/mol. The van der Waals surface area contributed by atoms with E-state index in [2.05, 4.69) is 39.4 Å². The summed E-state index contributed by atoms with van der Waals surface area (Å²) in [6.45, 7) is 6.19. The van der Waals surface area contributed by atoms with E-state index in [1.165, 1.54) is 16.8 Å². The molecule has 2 atom stereocenters. The zero-order valence-electron chi connectivity index (χ0n) is 20.5. The zero-order valence-corrected chi connectivity index (χ0v) is 20.5. The Hall–Kier alpha value is -3.52. The van der Waals surface area contributed by atoms with Crippen LogP contribution in [0, 0.1) is 11.3 Å². The Balaban J connectivity index is 1.60. The molecule has 1 fully saturated rings. The standard InChI is InChI=1S/C25H29F3N6O2/c1-4-19-16-33(22-12-23(35)31(3)34-14-18(10-11-29)30-24(22)34)20(5-2)15-32(19)13-17-6-8-21(9-7-17)36-25(26,27)28/h6-9,12,14,19-20H,4-5,10,13,15-16H2,1-3H3/t19-,20+/m1/s1. The number of anilines is 1. The number of fused-ring (bicyclic) bond motifs is 1. The highest BCUT2D eigenvalue weighted by Crippen LogP contribution is 2.30. The van der Waals surface area contributed by atoms with E-state index in [9.17, 15) is 18.0 Å². The van der Waals surface area contributed by atoms with Crippen LogP contribution in [0.5, 0.6) is 5.75 Å². The average Bonchev–Trinajstić information content (AvgIpc) is 3.26. The molecule has 3 aromatic rings. The molecule has 3 heterocycles. The number of piperazine rings is 1. The second kappa shape index (κ2) is 10.2. The summed E-state index contributed by atoms with van der Waals surface area (Å²) >= 11 is 0. The number of halogens is 3. The molecule has 4 rings (SSSR count). The van der Waals surface area contributed by atoms with Gasteiger partial charge in [0.25, 0.3) is 5.56 Å². The first-order valence-corrected chi connectivity index (χ1v) is 11.9. The first kappa shape index (κ1) is 25.6. The molecule has 11 heteroatoms. The van der Waals surface area contributed by atoms with Gasteiger partial charge in [0, 0.05) is 44.8 Å². The summed E-state index contributed by atoms with van der Waals surface area (Å²) < 4.78 is 44.6. The molecule has 2 aromatic heterocycles. The third-order valence-corrected chi connectivity index (χ3v) is 6.73. The molecule has 36 heavy (non-hydrogen) atoms. The lowest BCUT2D eigenvalue weighted by atomic mass is 10.0. The lowest BCUT2D eigenvalue weighted by Crippen LogP contribution is -2.58. The maximum absolute atomic E-state index is 12.8. The molecule has 0 bridgehead atoms. The molecule has 0 radical (unpaired) electrons. The van der Waals surface area contributed by atoms with E-state index in [0.29, 0.717) is 24.4 Å². The number of nitrogens with zero attached hydrogens (tertiary/aromatic N) is 6. The van der Waals surface area contributed by atoms with Crippen molar-refractivity contribution in [1.29, 1.82) is 5.26 Å². The molecular formula is C25H29F3N6O2. The van der Waals surface area contributed by atoms with Crippen LogP contribution in [0.1, 0.15) is 37.9 Å². The number of nitriles is 1. The van der Waals surface area contributed by atoms with E-state index >= 15 is 0 Å². The molecule has 1 aliphatic heterocycles. The molecule has 1 saturated heterocycles. The monoisotopic (exact) mass is 502 g/mol. The number of benzene rings is 1. The Morgan fingerprint density at radius 1 is 1.14 bits per heavy atom. The normalized spacial score (nSPS) is 19.0. The molecular weight excluding hydrogens is 473 g/mol. The first-order chi connectivity index (χ1) is 17.1. The summed E-state index contributed by atoms with van der Waals surface area (Å²) in [5.74, 6) is -0.236. The van der Waals surface area contributed by atoms with Gasteiger partial charge in [-0.05, 0) is 30.5 Å². The van der Waals surface area contributed by atoms with Gasteiger partial charge in [0.1, 0.15) is 5.75 Å². The van der Waals surface area contributed by atoms with Crippen molar-refractivity contribution in [3.8, 4) is 11.8 Å². The van der Waals surface area contributed by atoms with Crippen molar-refractivity contribution in [3.05, 3.63) is 58.1 Å². The van der Waals surface area contributed by atoms with Crippen LogP contribution in [0.3, 0.4) is 0 Å². The van der Waals surface area contributed by atoms with Gasteiger partial charge >= 0.3 is 6.36 Å². The smallest absolute Gasteiger partial charge is 0.406 e. The minimum absolute atomic E-state index is 0.104. The fraction of sp³-hybridized carbons (Fsp3) is 0.480. The van der Waals surface area contributed by atoms with Crippen LogP contribution in [-0.2, 0) is 20.0 Å². The summed E-state index contributed by atoms with van der Waals surface area (Å²) in [7, 11) is 1.67. The van der Waals surface area contributed by atoms with Gasteiger partial charge in [-0.2, -0.15) is 5.26 Å². The topological polar surface area (TPSA) is 78.8 Å². The Bertz CT molecular complexity index is 1310. The van der Waals surface area contributed by atoms with Gasteiger partial charge in [-0.25, -0.2) is 14.2 Å². The fourth-order valence-electron chi connectivity index (χ4n) is 4.85. The Kier molecular flexibility index (Phi) is 7.26. The minimum Gasteiger partial charge on any atom is -0.406 e. The van der Waals surface area contributed by atoms with Crippen LogP contribution in [0.2, 0.25) is 0 Å². The Morgan fingerprint density at radius 2 is 1.83 bits per heavy atom. The number of alkyl halides is 3. The van der Waals surface area contributed by atoms with E-state index in [-0.39, 0.29) is 29.8 Å². The molecule has 192 valence electrons. The number of ether oxygens (including phenoxy) is 1. The van der Waals surface area contributed by atoms with E-state index in [1.807, 2.05) is 0 Å². The number of hydrogen-bond acceptors (Lipinski definition) is 6. The second-order valence-corrected chi connectivity index (χ2v) is 9.02. The van der Waals surface area contributed by atoms with E-state index in [0.717, 1.165) is 30.6 Å². The molecule has 1 aromatic carbocycles. The molecule has 0 saturated carbocycles. The van der Waals surface area contributed by atoms with Crippen LogP contribution in [-0.4, -0.2) is 50.6 Å². The summed E-state index contributed by atoms with van der Waals surface area (Å²) in [5, 5.41) is 9.11. The number of rotatable bonds is 7. The summed E-state index contributed by atoms with van der Waals surface area (Å²) in [6, 6.07) is 9.99. The summed E-state index contributed by atoms with van der Waals surface area (Å²) in [4.78, 5) is 22.0. The minimum atomic E-state index is -4.71. The fourth-order valence-corrected chi connectivity index (χ4v) is 4.85. The lowest BCUT2D eigenvalue weighted by Gasteiger charge is -2.47. The third kappa shape index (κ3) is 5.33. The summed E-state index contributed by atoms with van der Waals surface area (Å²) in [5.41, 5.74) is 2.74. The molecule has 0 N–H and O–H groups in total. The number of aryl methyl sites for hydroxylation is 1. The Morgan fingerprint density at radius 3 is 2.44 bits per heavy atom. The second-order valence-electron chi connectivity index (χ2n) is 9.02. The quantitative estimate of drug-likeness (QED) is 0.488. The van der Waals surface area contributed by atoms with E-state index in [1.54, 1.807) is 36.0 Å². The van der Waals surface area contributed by atoms with Gasteiger partial charge in [-0.15, -0.1) is 13.2 Å². The van der Waals surface area contributed by atoms with E-state index < -0.39 is 6.36 Å². The summed E-state index contributed by atoms with van der Waals surface area (Å²) in [6.07, 6.45) is -1.14. The number of imidazole rings is 1. The molecule has 0 unspecified atom stereocenters. The van der Waals surface area contributed by atoms with Gasteiger partial charge in [0.15, 0.2) is 5.65 Å². The van der Waals surface area contributed by atoms with Crippen molar-refractivity contribution >= 4 is 11.3 Å². The maximum atomic E-state index is 12.8. The number of hydrogen-bond donors (Lipinski definition) is 0. The molecule has 1 aliphatic rings. The molecule has 0 amide bonds. The van der Waals surface area contributed by atoms with Crippen molar-refractivity contribution in [2.24, 2.45) is 7.05 Å². The van der Waals surface area contributed by atoms with E-state index in [4.69, 9.17) is 5.26 Å². The van der Waals surface area contributed by atoms with Crippen molar-refractivity contribution in [2.75, 3.05) is 18.0 Å². The third-order valence-electron chi connectivity index (χ3n) is 6.73. The average molecular weight is 503 g/mol. The van der Waals surface area contributed by atoms with Gasteiger partial charge in [-0.1, -0.05) is 26.0 Å². The first-order valence-electron chi connectivity index (χ1n) is 11.9. The highest BCUT2D eigenvalue weighted by Gasteiger charge is 2.34. The van der Waals surface area contributed by atoms with Crippen LogP contribution in [0.4, 0.5) is 18.9 Å². The number of aromatic nitrogens is 3. The highest BCUT2D eigenvalue weighted by atomic mass is 19.4. The highest BCUT2D eigenvalue weighted by molar-refractivity contribution is 5.69. The van der Waals surface area contributed by atoms with Gasteiger partial charge in [0.05, 0.1) is 30.1 Å². The van der Waals surface area contributed by atoms with Crippen molar-refractivity contribution < 1.29 is 17.9 Å². The van der Waals surface area contributed by atoms with Crippen molar-refractivity contribution in [3.63, 3.8) is 0 Å². The Labute approximate surface area is 207 Å². The maximum Gasteiger partial charge on any atom is 0.573 e.